The van der Waals surface area contributed by atoms with Gasteiger partial charge < -0.3 is 4.74 Å². The highest BCUT2D eigenvalue weighted by Gasteiger charge is 2.35. The van der Waals surface area contributed by atoms with Crippen LogP contribution in [0.1, 0.15) is 13.8 Å². The maximum absolute atomic E-state index is 11.2. The second-order valence-electron chi connectivity index (χ2n) is 3.34. The molecule has 1 rings (SSSR count). The Kier molecular flexibility index (Phi) is 3.10. The molecule has 13 heavy (non-hydrogen) atoms. The van der Waals surface area contributed by atoms with E-state index in [1.165, 1.54) is 4.31 Å². The van der Waals surface area contributed by atoms with Gasteiger partial charge in [-0.1, -0.05) is 6.58 Å². The van der Waals surface area contributed by atoms with Crippen LogP contribution in [0.5, 0.6) is 0 Å². The highest BCUT2D eigenvalue weighted by atomic mass is 32.2. The number of nitrogens with zero attached hydrogens (tertiary/aromatic N) is 1. The second-order valence-corrected chi connectivity index (χ2v) is 5.22. The van der Waals surface area contributed by atoms with Gasteiger partial charge in [-0.3, -0.25) is 0 Å². The minimum absolute atomic E-state index is 0.0507. The van der Waals surface area contributed by atoms with E-state index in [-0.39, 0.29) is 12.2 Å². The summed E-state index contributed by atoms with van der Waals surface area (Å²) in [6, 6.07) is 0. The van der Waals surface area contributed by atoms with Gasteiger partial charge in [0.25, 0.3) is 0 Å². The molecule has 1 fully saturated rings. The molecule has 0 spiro atoms. The lowest BCUT2D eigenvalue weighted by molar-refractivity contribution is -0.0516. The summed E-state index contributed by atoms with van der Waals surface area (Å²) in [4.78, 5) is 0. The van der Waals surface area contributed by atoms with E-state index in [1.54, 1.807) is 0 Å². The van der Waals surface area contributed by atoms with Crippen LogP contribution in [-0.2, 0) is 14.8 Å². The average molecular weight is 205 g/mol. The van der Waals surface area contributed by atoms with Crippen molar-refractivity contribution in [1.82, 2.24) is 4.31 Å². The molecule has 0 amide bonds. The van der Waals surface area contributed by atoms with E-state index < -0.39 is 10.0 Å². The first-order chi connectivity index (χ1) is 5.95. The number of hydrogen-bond acceptors (Lipinski definition) is 3. The fourth-order valence-electron chi connectivity index (χ4n) is 1.18. The second kappa shape index (κ2) is 3.77. The summed E-state index contributed by atoms with van der Waals surface area (Å²) in [5.41, 5.74) is 0. The molecule has 0 saturated carbocycles. The predicted molar refractivity (Wildman–Crippen MR) is 50.7 cm³/mol. The molecule has 0 unspecified atom stereocenters. The van der Waals surface area contributed by atoms with Gasteiger partial charge in [0, 0.05) is 18.5 Å². The average Bonchev–Trinajstić information content (AvgIpc) is 1.95. The summed E-state index contributed by atoms with van der Waals surface area (Å²) in [5.74, 6) is 0. The number of ether oxygens (including phenoxy) is 1. The van der Waals surface area contributed by atoms with Gasteiger partial charge in [0.1, 0.15) is 0 Å². The van der Waals surface area contributed by atoms with Crippen molar-refractivity contribution in [2.24, 2.45) is 0 Å². The van der Waals surface area contributed by atoms with Gasteiger partial charge in [-0.15, -0.1) is 0 Å². The molecule has 4 nitrogen and oxygen atoms in total. The van der Waals surface area contributed by atoms with E-state index in [9.17, 15) is 8.42 Å². The van der Waals surface area contributed by atoms with Gasteiger partial charge in [-0.05, 0) is 13.8 Å². The minimum Gasteiger partial charge on any atom is -0.373 e. The smallest absolute Gasteiger partial charge is 0.235 e. The molecule has 1 heterocycles. The Hall–Kier alpha value is -0.390. The van der Waals surface area contributed by atoms with Crippen molar-refractivity contribution in [3.05, 3.63) is 12.0 Å². The van der Waals surface area contributed by atoms with Crippen LogP contribution in [-0.4, -0.2) is 38.0 Å². The predicted octanol–water partition coefficient (Wildman–Crippen LogP) is 0.569. The largest absolute Gasteiger partial charge is 0.373 e. The highest BCUT2D eigenvalue weighted by molar-refractivity contribution is 7.92. The number of sulfonamides is 1. The Balaban J connectivity index is 2.38. The van der Waals surface area contributed by atoms with E-state index in [1.807, 2.05) is 13.8 Å². The maximum Gasteiger partial charge on any atom is 0.235 e. The van der Waals surface area contributed by atoms with Crippen molar-refractivity contribution in [3.8, 4) is 0 Å². The summed E-state index contributed by atoms with van der Waals surface area (Å²) in [6.45, 7) is 8.02. The van der Waals surface area contributed by atoms with Gasteiger partial charge in [0.15, 0.2) is 0 Å². The topological polar surface area (TPSA) is 46.6 Å². The molecule has 1 aliphatic rings. The van der Waals surface area contributed by atoms with Crippen LogP contribution in [0.3, 0.4) is 0 Å². The van der Waals surface area contributed by atoms with Crippen LogP contribution in [0, 0.1) is 0 Å². The number of rotatable bonds is 4. The quantitative estimate of drug-likeness (QED) is 0.674. The monoisotopic (exact) mass is 205 g/mol. The Morgan fingerprint density at radius 3 is 2.46 bits per heavy atom. The summed E-state index contributed by atoms with van der Waals surface area (Å²) >= 11 is 0. The molecule has 0 atom stereocenters. The molecule has 0 aromatic carbocycles. The van der Waals surface area contributed by atoms with Crippen molar-refractivity contribution in [2.75, 3.05) is 13.1 Å². The summed E-state index contributed by atoms with van der Waals surface area (Å²) in [7, 11) is -3.21. The van der Waals surface area contributed by atoms with Gasteiger partial charge in [-0.2, -0.15) is 4.31 Å². The van der Waals surface area contributed by atoms with Crippen LogP contribution in [0.4, 0.5) is 0 Å². The lowest BCUT2D eigenvalue weighted by Gasteiger charge is -2.37. The summed E-state index contributed by atoms with van der Waals surface area (Å²) in [6.07, 6.45) is 0.202. The maximum atomic E-state index is 11.2. The van der Waals surface area contributed by atoms with Crippen molar-refractivity contribution >= 4 is 10.0 Å². The van der Waals surface area contributed by atoms with E-state index in [0.29, 0.717) is 13.1 Å². The van der Waals surface area contributed by atoms with Crippen molar-refractivity contribution in [3.63, 3.8) is 0 Å². The van der Waals surface area contributed by atoms with E-state index in [2.05, 4.69) is 6.58 Å². The Morgan fingerprint density at radius 2 is 2.08 bits per heavy atom. The third-order valence-electron chi connectivity index (χ3n) is 1.85. The minimum atomic E-state index is -3.21. The van der Waals surface area contributed by atoms with Crippen molar-refractivity contribution in [2.45, 2.75) is 26.1 Å². The molecular formula is C8H15NO3S. The molecule has 5 heteroatoms. The first-order valence-corrected chi connectivity index (χ1v) is 5.74. The first kappa shape index (κ1) is 10.7. The van der Waals surface area contributed by atoms with Gasteiger partial charge in [0.2, 0.25) is 10.0 Å². The van der Waals surface area contributed by atoms with Gasteiger partial charge in [-0.25, -0.2) is 8.42 Å². The highest BCUT2D eigenvalue weighted by Crippen LogP contribution is 2.18. The normalized spacial score (nSPS) is 20.2. The molecule has 76 valence electrons. The molecule has 1 saturated heterocycles. The standard InChI is InChI=1S/C8H15NO3S/c1-4-13(10,11)9-5-8(6-9)12-7(2)3/h4,7-8H,1,5-6H2,2-3H3. The third-order valence-corrected chi connectivity index (χ3v) is 3.29. The molecule has 0 aromatic rings. The van der Waals surface area contributed by atoms with E-state index in [4.69, 9.17) is 4.74 Å². The summed E-state index contributed by atoms with van der Waals surface area (Å²) in [5, 5.41) is 0.971. The van der Waals surface area contributed by atoms with Crippen LogP contribution >= 0.6 is 0 Å². The molecule has 0 N–H and O–H groups in total. The van der Waals surface area contributed by atoms with Crippen LogP contribution in [0.15, 0.2) is 12.0 Å². The number of hydrogen-bond donors (Lipinski definition) is 0. The zero-order valence-electron chi connectivity index (χ0n) is 7.93. The van der Waals surface area contributed by atoms with E-state index in [0.717, 1.165) is 5.41 Å². The van der Waals surface area contributed by atoms with Crippen molar-refractivity contribution < 1.29 is 13.2 Å². The molecule has 1 aliphatic heterocycles. The third kappa shape index (κ3) is 2.52. The molecule has 0 bridgehead atoms. The summed E-state index contributed by atoms with van der Waals surface area (Å²) < 4.78 is 29.1. The Morgan fingerprint density at radius 1 is 1.54 bits per heavy atom. The SMILES string of the molecule is C=CS(=O)(=O)N1CC(OC(C)C)C1. The molecule has 0 aliphatic carbocycles. The molecule has 0 radical (unpaired) electrons. The Bertz CT molecular complexity index is 278. The van der Waals surface area contributed by atoms with Gasteiger partial charge >= 0.3 is 0 Å². The lowest BCUT2D eigenvalue weighted by Crippen LogP contribution is -2.54. The zero-order chi connectivity index (χ0) is 10.1. The van der Waals surface area contributed by atoms with E-state index >= 15 is 0 Å². The Labute approximate surface area is 79.2 Å². The van der Waals surface area contributed by atoms with Crippen LogP contribution in [0.2, 0.25) is 0 Å². The van der Waals surface area contributed by atoms with Crippen LogP contribution in [0.25, 0.3) is 0 Å². The zero-order valence-corrected chi connectivity index (χ0v) is 8.75. The first-order valence-electron chi connectivity index (χ1n) is 4.23. The van der Waals surface area contributed by atoms with Gasteiger partial charge in [0.05, 0.1) is 12.2 Å². The fraction of sp³-hybridized carbons (Fsp3) is 0.750. The fourth-order valence-corrected chi connectivity index (χ4v) is 2.14. The van der Waals surface area contributed by atoms with Crippen LogP contribution < -0.4 is 0 Å². The molecular weight excluding hydrogens is 190 g/mol. The lowest BCUT2D eigenvalue weighted by atomic mass is 10.2. The van der Waals surface area contributed by atoms with Crippen molar-refractivity contribution in [1.29, 1.82) is 0 Å². The molecule has 0 aromatic heterocycles.